The van der Waals surface area contributed by atoms with Crippen LogP contribution in [-0.4, -0.2) is 0 Å². The Bertz CT molecular complexity index is 3820. The smallest absolute Gasteiger partial charge is 0.0567 e. The van der Waals surface area contributed by atoms with E-state index in [9.17, 15) is 0 Å². The van der Waals surface area contributed by atoms with Crippen molar-refractivity contribution in [3.05, 3.63) is 265 Å². The molecule has 0 bridgehead atoms. The van der Waals surface area contributed by atoms with Crippen molar-refractivity contribution in [1.29, 1.82) is 0 Å². The molecule has 0 saturated carbocycles. The van der Waals surface area contributed by atoms with E-state index in [-0.39, 0.29) is 10.8 Å². The zero-order chi connectivity index (χ0) is 47.1. The fraction of sp³-hybridized carbons (Fsp3) is 0.0882. The average Bonchev–Trinajstić information content (AvgIpc) is 3.77. The number of rotatable bonds is 8. The molecule has 70 heavy (non-hydrogen) atoms. The minimum Gasteiger partial charge on any atom is -0.310 e. The molecule has 0 radical (unpaired) electrons. The van der Waals surface area contributed by atoms with Crippen LogP contribution in [0, 0.1) is 0 Å². The predicted octanol–water partition coefficient (Wildman–Crippen LogP) is 18.9. The Hall–Kier alpha value is -8.46. The lowest BCUT2D eigenvalue weighted by Gasteiger charge is -2.32. The molecule has 0 aliphatic heterocycles. The Morgan fingerprint density at radius 3 is 1.21 bits per heavy atom. The predicted molar refractivity (Wildman–Crippen MR) is 297 cm³/mol. The monoisotopic (exact) mass is 896 g/mol. The molecule has 2 nitrogen and oxygen atoms in total. The molecule has 11 aromatic carbocycles. The van der Waals surface area contributed by atoms with E-state index in [0.29, 0.717) is 0 Å². The third kappa shape index (κ3) is 6.62. The highest BCUT2D eigenvalue weighted by Crippen LogP contribution is 2.55. The summed E-state index contributed by atoms with van der Waals surface area (Å²) in [5.74, 6) is 0. The van der Waals surface area contributed by atoms with Crippen molar-refractivity contribution < 1.29 is 0 Å². The van der Waals surface area contributed by atoms with Crippen molar-refractivity contribution in [3.8, 4) is 44.5 Å². The van der Waals surface area contributed by atoms with Gasteiger partial charge in [-0.15, -0.1) is 0 Å². The Morgan fingerprint density at radius 2 is 0.686 bits per heavy atom. The van der Waals surface area contributed by atoms with Gasteiger partial charge in [-0.25, -0.2) is 0 Å². The molecular weight excluding hydrogens is 845 g/mol. The normalized spacial score (nSPS) is 13.7. The minimum atomic E-state index is -0.224. The highest BCUT2D eigenvalue weighted by atomic mass is 15.2. The molecular formula is C68H52N2. The lowest BCUT2D eigenvalue weighted by molar-refractivity contribution is 0.660. The molecule has 0 unspecified atom stereocenters. The number of hydrogen-bond donors (Lipinski definition) is 0. The van der Waals surface area contributed by atoms with Gasteiger partial charge in [0, 0.05) is 44.7 Å². The van der Waals surface area contributed by atoms with Crippen LogP contribution in [0.15, 0.2) is 243 Å². The van der Waals surface area contributed by atoms with Gasteiger partial charge in [-0.3, -0.25) is 0 Å². The largest absolute Gasteiger partial charge is 0.310 e. The summed E-state index contributed by atoms with van der Waals surface area (Å²) in [6, 6.07) is 90.0. The van der Waals surface area contributed by atoms with Crippen LogP contribution in [0.25, 0.3) is 66.1 Å². The van der Waals surface area contributed by atoms with Crippen molar-refractivity contribution >= 4 is 55.7 Å². The molecule has 0 heterocycles. The summed E-state index contributed by atoms with van der Waals surface area (Å²) in [5.41, 5.74) is 21.8. The Morgan fingerprint density at radius 1 is 0.271 bits per heavy atom. The Kier molecular flexibility index (Phi) is 9.58. The molecule has 0 amide bonds. The summed E-state index contributed by atoms with van der Waals surface area (Å²) in [6.07, 6.45) is 0. The van der Waals surface area contributed by atoms with Crippen LogP contribution < -0.4 is 9.80 Å². The second-order valence-electron chi connectivity index (χ2n) is 20.2. The number of hydrogen-bond acceptors (Lipinski definition) is 2. The maximum Gasteiger partial charge on any atom is 0.0567 e. The zero-order valence-electron chi connectivity index (χ0n) is 40.0. The Labute approximate surface area is 411 Å². The summed E-state index contributed by atoms with van der Waals surface area (Å²) in [4.78, 5) is 4.96. The van der Waals surface area contributed by atoms with Gasteiger partial charge in [0.05, 0.1) is 5.69 Å². The minimum absolute atomic E-state index is 0.213. The molecule has 0 N–H and O–H groups in total. The van der Waals surface area contributed by atoms with Crippen molar-refractivity contribution in [2.75, 3.05) is 9.80 Å². The summed E-state index contributed by atoms with van der Waals surface area (Å²) in [5, 5.41) is 4.84. The van der Waals surface area contributed by atoms with E-state index < -0.39 is 0 Å². The standard InChI is InChI=1S/C68H52N2/c1-67(2)61-40-48(45-19-9-5-10-20-45)31-35-57(61)59-37-33-53(42-63(59)67)69(51-24-13-7-14-25-51)55-39-50-30-29-47-23-17-18-28-56(47)66(50)65(44-55)70(52-26-15-8-16-27-52)54-34-38-60-58-36-32-49(46-21-11-6-12-22-46)41-62(58)68(3,4)64(60)43-54/h5-44H,1-4H3. The number of para-hydroxylation sites is 2. The number of nitrogens with zero attached hydrogens (tertiary/aromatic N) is 2. The molecule has 2 aliphatic carbocycles. The highest BCUT2D eigenvalue weighted by Gasteiger charge is 2.38. The number of fused-ring (bicyclic) bond motifs is 9. The van der Waals surface area contributed by atoms with Crippen molar-refractivity contribution in [2.45, 2.75) is 38.5 Å². The van der Waals surface area contributed by atoms with Gasteiger partial charge in [0.2, 0.25) is 0 Å². The van der Waals surface area contributed by atoms with Crippen LogP contribution in [0.3, 0.4) is 0 Å². The van der Waals surface area contributed by atoms with Gasteiger partial charge in [0.1, 0.15) is 0 Å². The highest BCUT2D eigenvalue weighted by molar-refractivity contribution is 6.16. The maximum atomic E-state index is 2.50. The van der Waals surface area contributed by atoms with E-state index in [1.807, 2.05) is 0 Å². The fourth-order valence-electron chi connectivity index (χ4n) is 11.8. The first-order valence-corrected chi connectivity index (χ1v) is 24.6. The third-order valence-corrected chi connectivity index (χ3v) is 15.4. The number of benzene rings is 11. The molecule has 0 spiro atoms. The molecule has 334 valence electrons. The van der Waals surface area contributed by atoms with Crippen molar-refractivity contribution in [3.63, 3.8) is 0 Å². The summed E-state index contributed by atoms with van der Waals surface area (Å²) in [7, 11) is 0. The van der Waals surface area contributed by atoms with E-state index in [0.717, 1.165) is 34.1 Å². The molecule has 0 aromatic heterocycles. The van der Waals surface area contributed by atoms with Gasteiger partial charge in [-0.05, 0) is 156 Å². The molecule has 0 atom stereocenters. The van der Waals surface area contributed by atoms with Crippen LogP contribution in [0.5, 0.6) is 0 Å². The first kappa shape index (κ1) is 41.7. The van der Waals surface area contributed by atoms with Crippen LogP contribution >= 0.6 is 0 Å². The summed E-state index contributed by atoms with van der Waals surface area (Å²) in [6.45, 7) is 9.56. The lowest BCUT2D eigenvalue weighted by atomic mass is 9.81. The zero-order valence-corrected chi connectivity index (χ0v) is 40.0. The van der Waals surface area contributed by atoms with Crippen molar-refractivity contribution in [2.24, 2.45) is 0 Å². The first-order chi connectivity index (χ1) is 34.2. The van der Waals surface area contributed by atoms with E-state index in [4.69, 9.17) is 0 Å². The Balaban J connectivity index is 1.01. The average molecular weight is 897 g/mol. The SMILES string of the molecule is CC1(C)c2cc(-c3ccccc3)ccc2-c2ccc(N(c3ccccc3)c3cc(N(c4ccccc4)c4ccc5c(c4)C(C)(C)c4cc(-c6ccccc6)ccc4-5)c4c(ccc5ccccc54)c3)cc21. The molecule has 11 aromatic rings. The molecule has 2 heteroatoms. The number of anilines is 6. The van der Waals surface area contributed by atoms with Gasteiger partial charge in [-0.2, -0.15) is 0 Å². The van der Waals surface area contributed by atoms with Gasteiger partial charge in [0.25, 0.3) is 0 Å². The van der Waals surface area contributed by atoms with E-state index in [1.54, 1.807) is 0 Å². The molecule has 2 aliphatic rings. The van der Waals surface area contributed by atoms with Gasteiger partial charge in [-0.1, -0.05) is 198 Å². The summed E-state index contributed by atoms with van der Waals surface area (Å²) >= 11 is 0. The van der Waals surface area contributed by atoms with Crippen molar-refractivity contribution in [1.82, 2.24) is 0 Å². The second kappa shape index (κ2) is 16.1. The molecule has 13 rings (SSSR count). The molecule has 0 saturated heterocycles. The second-order valence-corrected chi connectivity index (χ2v) is 20.2. The summed E-state index contributed by atoms with van der Waals surface area (Å²) < 4.78 is 0. The third-order valence-electron chi connectivity index (χ3n) is 15.4. The van der Waals surface area contributed by atoms with Gasteiger partial charge in [0.15, 0.2) is 0 Å². The quantitative estimate of drug-likeness (QED) is 0.140. The topological polar surface area (TPSA) is 6.48 Å². The van der Waals surface area contributed by atoms with E-state index in [2.05, 4.69) is 280 Å². The van der Waals surface area contributed by atoms with Crippen LogP contribution in [0.2, 0.25) is 0 Å². The van der Waals surface area contributed by atoms with Gasteiger partial charge < -0.3 is 9.80 Å². The van der Waals surface area contributed by atoms with Crippen LogP contribution in [0.4, 0.5) is 34.1 Å². The fourth-order valence-corrected chi connectivity index (χ4v) is 11.8. The van der Waals surface area contributed by atoms with E-state index in [1.165, 1.54) is 88.3 Å². The lowest BCUT2D eigenvalue weighted by Crippen LogP contribution is -2.18. The maximum absolute atomic E-state index is 2.50. The first-order valence-electron chi connectivity index (χ1n) is 24.6. The van der Waals surface area contributed by atoms with E-state index >= 15 is 0 Å². The van der Waals surface area contributed by atoms with Crippen LogP contribution in [-0.2, 0) is 10.8 Å². The van der Waals surface area contributed by atoms with Gasteiger partial charge >= 0.3 is 0 Å². The molecule has 0 fully saturated rings. The van der Waals surface area contributed by atoms with Crippen LogP contribution in [0.1, 0.15) is 49.9 Å².